The van der Waals surface area contributed by atoms with Crippen LogP contribution in [0, 0.1) is 29.4 Å². The summed E-state index contributed by atoms with van der Waals surface area (Å²) in [7, 11) is 5.63. The normalized spacial score (nSPS) is 11.0. The van der Waals surface area contributed by atoms with Crippen molar-refractivity contribution in [3.63, 3.8) is 0 Å². The molecule has 15 nitrogen and oxygen atoms in total. The molecule has 4 N–H and O–H groups in total. The Morgan fingerprint density at radius 3 is 1.18 bits per heavy atom. The Balaban J connectivity index is 0.000000192. The maximum atomic E-state index is 14.8. The van der Waals surface area contributed by atoms with Crippen molar-refractivity contribution in [2.45, 2.75) is 80.8 Å². The molecule has 9 aromatic rings. The zero-order valence-corrected chi connectivity index (χ0v) is 50.4. The summed E-state index contributed by atoms with van der Waals surface area (Å²) in [6.45, 7) is 15.7. The second kappa shape index (κ2) is 29.7. The summed E-state index contributed by atoms with van der Waals surface area (Å²) in [6, 6.07) is 38.5. The number of hydrogen-bond donors (Lipinski definition) is 4. The van der Waals surface area contributed by atoms with Crippen LogP contribution in [0.25, 0.3) is 32.7 Å². The molecule has 0 saturated heterocycles. The quantitative estimate of drug-likeness (QED) is 0.0674. The fourth-order valence-corrected chi connectivity index (χ4v) is 10.0. The van der Waals surface area contributed by atoms with Gasteiger partial charge in [0, 0.05) is 88.1 Å². The Bertz CT molecular complexity index is 4030. The highest BCUT2D eigenvalue weighted by Gasteiger charge is 2.22. The number of hydrogen-bond acceptors (Lipinski definition) is 9. The van der Waals surface area contributed by atoms with E-state index in [1.807, 2.05) is 139 Å². The minimum atomic E-state index is -1.33. The molecule has 0 aliphatic heterocycles. The molecule has 3 heterocycles. The Labute approximate surface area is 501 Å². The first kappa shape index (κ1) is 65.5. The molecule has 0 bridgehead atoms. The van der Waals surface area contributed by atoms with Crippen molar-refractivity contribution in [3.05, 3.63) is 232 Å². The van der Waals surface area contributed by atoms with E-state index in [0.717, 1.165) is 29.8 Å². The molecular formula is C66H70Cl2F2N6O9. The number of aromatic carboxylic acids is 3. The summed E-state index contributed by atoms with van der Waals surface area (Å²) < 4.78 is 33.5. The number of halogens is 4. The second-order valence-electron chi connectivity index (χ2n) is 21.8. The SMILES string of the molecule is CC(C)Cn1cc(C(=O)O)c(=O)c2cc(F)c(Cl)cc21.CC(C)Cn1cc(C(=O)O)c(=O)c2cc(F)c(N(C)Cc3ccccc3)cc21.CC(C)Cn1cc(C(=O)O)c(=O)c2cc(N(C)Cc3ccccc3)c(Cl)cc21.CNCc1ccccc1. The number of carbonyl (C=O) groups is 3. The van der Waals surface area contributed by atoms with E-state index in [4.69, 9.17) is 28.3 Å². The fourth-order valence-electron chi connectivity index (χ4n) is 9.54. The van der Waals surface area contributed by atoms with Gasteiger partial charge < -0.3 is 44.1 Å². The zero-order valence-electron chi connectivity index (χ0n) is 48.9. The number of nitrogens with one attached hydrogen (secondary N) is 1. The van der Waals surface area contributed by atoms with E-state index >= 15 is 0 Å². The van der Waals surface area contributed by atoms with Crippen LogP contribution >= 0.6 is 23.2 Å². The van der Waals surface area contributed by atoms with Gasteiger partial charge in [-0.1, -0.05) is 156 Å². The molecule has 0 amide bonds. The summed E-state index contributed by atoms with van der Waals surface area (Å²) in [5.74, 6) is -4.42. The lowest BCUT2D eigenvalue weighted by atomic mass is 10.1. The van der Waals surface area contributed by atoms with Gasteiger partial charge >= 0.3 is 17.9 Å². The lowest BCUT2D eigenvalue weighted by molar-refractivity contribution is 0.0684. The molecule has 0 unspecified atom stereocenters. The predicted octanol–water partition coefficient (Wildman–Crippen LogP) is 13.3. The van der Waals surface area contributed by atoms with E-state index in [-0.39, 0.29) is 50.2 Å². The van der Waals surface area contributed by atoms with E-state index in [2.05, 4.69) is 17.4 Å². The number of benzene rings is 6. The molecule has 9 rings (SSSR count). The molecule has 19 heteroatoms. The minimum absolute atomic E-state index is 0.0208. The van der Waals surface area contributed by atoms with E-state index in [1.54, 1.807) is 43.8 Å². The van der Waals surface area contributed by atoms with Crippen molar-refractivity contribution in [2.24, 2.45) is 17.8 Å². The Morgan fingerprint density at radius 1 is 0.482 bits per heavy atom. The standard InChI is InChI=1S/C22H23ClN2O3.C22H23FN2O3.C14H13ClFNO3.C8H11N/c1-14(2)11-25-13-17(22(27)28)21(26)16-9-20(18(23)10-19(16)25)24(3)12-15-7-5-4-6-8-15;1-14(2)11-25-13-17(22(27)28)21(26)16-9-18(23)20(10-19(16)25)24(3)12-15-7-5-4-6-8-15;1-7(2)5-17-6-9(14(19)20)13(18)8-3-11(16)10(15)4-12(8)17;1-9-7-8-5-3-2-4-6-8/h2*4-10,13-14H,11-12H2,1-3H3,(H,27,28);3-4,6-7H,5H2,1-2H3,(H,19,20);2-6,9H,7H2,1H3. The average molecular weight is 1200 g/mol. The lowest BCUT2D eigenvalue weighted by Crippen LogP contribution is -2.22. The highest BCUT2D eigenvalue weighted by molar-refractivity contribution is 6.34. The van der Waals surface area contributed by atoms with Crippen molar-refractivity contribution in [1.29, 1.82) is 0 Å². The fraction of sp³-hybridized carbons (Fsp3) is 0.273. The van der Waals surface area contributed by atoms with Gasteiger partial charge in [0.1, 0.15) is 28.3 Å². The van der Waals surface area contributed by atoms with Crippen molar-refractivity contribution < 1.29 is 38.5 Å². The molecule has 0 atom stereocenters. The van der Waals surface area contributed by atoms with Crippen LogP contribution in [-0.2, 0) is 39.3 Å². The van der Waals surface area contributed by atoms with Crippen molar-refractivity contribution in [1.82, 2.24) is 19.0 Å². The van der Waals surface area contributed by atoms with Gasteiger partial charge in [0.2, 0.25) is 16.3 Å². The highest BCUT2D eigenvalue weighted by Crippen LogP contribution is 2.32. The molecule has 3 aromatic heterocycles. The summed E-state index contributed by atoms with van der Waals surface area (Å²) in [6.07, 6.45) is 4.05. The topological polar surface area (TPSA) is 196 Å². The Kier molecular flexibility index (Phi) is 22.9. The molecular weight excluding hydrogens is 1130 g/mol. The number of rotatable bonds is 17. The number of fused-ring (bicyclic) bond motifs is 3. The first-order chi connectivity index (χ1) is 40.3. The van der Waals surface area contributed by atoms with Crippen LogP contribution < -0.4 is 31.4 Å². The second-order valence-corrected chi connectivity index (χ2v) is 22.6. The largest absolute Gasteiger partial charge is 0.477 e. The van der Waals surface area contributed by atoms with Crippen molar-refractivity contribution in [2.75, 3.05) is 30.9 Å². The Morgan fingerprint density at radius 2 is 0.812 bits per heavy atom. The number of carboxylic acid groups (broad SMARTS) is 3. The highest BCUT2D eigenvalue weighted by atomic mass is 35.5. The van der Waals surface area contributed by atoms with Gasteiger partial charge in [-0.2, -0.15) is 0 Å². The third-order valence-corrected chi connectivity index (χ3v) is 14.0. The molecule has 0 fully saturated rings. The van der Waals surface area contributed by atoms with E-state index < -0.39 is 45.8 Å². The number of carboxylic acids is 3. The van der Waals surface area contributed by atoms with Crippen molar-refractivity contribution >= 4 is 85.2 Å². The van der Waals surface area contributed by atoms with Crippen LogP contribution in [0.3, 0.4) is 0 Å². The third kappa shape index (κ3) is 17.0. The first-order valence-electron chi connectivity index (χ1n) is 27.4. The molecule has 0 aliphatic carbocycles. The summed E-state index contributed by atoms with van der Waals surface area (Å²) in [4.78, 5) is 75.3. The molecule has 0 saturated carbocycles. The zero-order chi connectivity index (χ0) is 62.4. The number of nitrogens with zero attached hydrogens (tertiary/aromatic N) is 5. The van der Waals surface area contributed by atoms with E-state index in [1.165, 1.54) is 30.2 Å². The van der Waals surface area contributed by atoms with Gasteiger partial charge in [0.05, 0.1) is 38.0 Å². The molecule has 0 radical (unpaired) electrons. The maximum absolute atomic E-state index is 14.8. The van der Waals surface area contributed by atoms with Gasteiger partial charge in [-0.15, -0.1) is 0 Å². The lowest BCUT2D eigenvalue weighted by Gasteiger charge is -2.22. The van der Waals surface area contributed by atoms with Crippen LogP contribution in [-0.4, -0.2) is 68.1 Å². The average Bonchev–Trinajstić information content (AvgIpc) is 2.06. The van der Waals surface area contributed by atoms with Gasteiger partial charge in [-0.3, -0.25) is 14.4 Å². The number of pyridine rings is 3. The van der Waals surface area contributed by atoms with E-state index in [9.17, 15) is 47.8 Å². The summed E-state index contributed by atoms with van der Waals surface area (Å²) in [5.41, 5.74) is 3.30. The smallest absolute Gasteiger partial charge is 0.341 e. The van der Waals surface area contributed by atoms with E-state index in [0.29, 0.717) is 71.1 Å². The van der Waals surface area contributed by atoms with Crippen LogP contribution in [0.4, 0.5) is 20.2 Å². The summed E-state index contributed by atoms with van der Waals surface area (Å²) in [5, 5.41) is 31.8. The molecule has 6 aromatic carbocycles. The molecule has 446 valence electrons. The molecule has 0 aliphatic rings. The Hall–Kier alpha value is -8.64. The third-order valence-electron chi connectivity index (χ3n) is 13.4. The monoisotopic (exact) mass is 1200 g/mol. The number of anilines is 2. The van der Waals surface area contributed by atoms with Crippen molar-refractivity contribution in [3.8, 4) is 0 Å². The van der Waals surface area contributed by atoms with Gasteiger partial charge in [-0.25, -0.2) is 23.2 Å². The van der Waals surface area contributed by atoms with Crippen LogP contribution in [0.5, 0.6) is 0 Å². The molecule has 85 heavy (non-hydrogen) atoms. The summed E-state index contributed by atoms with van der Waals surface area (Å²) >= 11 is 12.3. The van der Waals surface area contributed by atoms with Crippen LogP contribution in [0.1, 0.15) is 89.3 Å². The predicted molar refractivity (Wildman–Crippen MR) is 336 cm³/mol. The van der Waals surface area contributed by atoms with Crippen LogP contribution in [0.2, 0.25) is 10.0 Å². The van der Waals surface area contributed by atoms with Gasteiger partial charge in [-0.05, 0) is 77.9 Å². The van der Waals surface area contributed by atoms with Gasteiger partial charge in [0.25, 0.3) is 0 Å². The minimum Gasteiger partial charge on any atom is -0.477 e. The van der Waals surface area contributed by atoms with Crippen LogP contribution in [0.15, 0.2) is 160 Å². The first-order valence-corrected chi connectivity index (χ1v) is 28.2. The maximum Gasteiger partial charge on any atom is 0.341 e. The molecule has 0 spiro atoms. The van der Waals surface area contributed by atoms with Gasteiger partial charge in [0.15, 0.2) is 0 Å². The number of aromatic nitrogens is 3.